The third-order valence-corrected chi connectivity index (χ3v) is 6.78. The Hall–Kier alpha value is -2.91. The van der Waals surface area contributed by atoms with Crippen LogP contribution in [0.2, 0.25) is 0 Å². The van der Waals surface area contributed by atoms with E-state index in [0.29, 0.717) is 24.7 Å². The summed E-state index contributed by atoms with van der Waals surface area (Å²) in [6, 6.07) is 9.29. The number of benzene rings is 1. The molecule has 2 aromatic heterocycles. The maximum atomic E-state index is 12.7. The highest BCUT2D eigenvalue weighted by Gasteiger charge is 2.29. The summed E-state index contributed by atoms with van der Waals surface area (Å²) in [5.74, 6) is 1.41. The number of sulfonamides is 1. The molecule has 0 amide bonds. The molecule has 0 aliphatic carbocycles. The van der Waals surface area contributed by atoms with Gasteiger partial charge in [0.15, 0.2) is 0 Å². The lowest BCUT2D eigenvalue weighted by Crippen LogP contribution is -2.38. The van der Waals surface area contributed by atoms with Gasteiger partial charge in [-0.3, -0.25) is 9.97 Å². The molecule has 1 saturated heterocycles. The summed E-state index contributed by atoms with van der Waals surface area (Å²) in [7, 11) is -3.32. The molecule has 1 fully saturated rings. The van der Waals surface area contributed by atoms with E-state index >= 15 is 0 Å². The van der Waals surface area contributed by atoms with Crippen molar-refractivity contribution >= 4 is 21.7 Å². The molecule has 3 aromatic rings. The zero-order valence-electron chi connectivity index (χ0n) is 15.8. The SMILES string of the molecule is O=S(=O)(Cc1ccccc1)N1CCC(c2cncc(Nc3cnccn3)n2)CC1. The zero-order chi connectivity index (χ0) is 20.1. The van der Waals surface area contributed by atoms with Crippen molar-refractivity contribution in [2.75, 3.05) is 18.4 Å². The van der Waals surface area contributed by atoms with E-state index in [4.69, 9.17) is 0 Å². The van der Waals surface area contributed by atoms with Gasteiger partial charge >= 0.3 is 0 Å². The highest BCUT2D eigenvalue weighted by atomic mass is 32.2. The Morgan fingerprint density at radius 3 is 2.45 bits per heavy atom. The first-order chi connectivity index (χ1) is 14.1. The number of nitrogens with one attached hydrogen (secondary N) is 1. The van der Waals surface area contributed by atoms with Gasteiger partial charge in [-0.25, -0.2) is 22.7 Å². The van der Waals surface area contributed by atoms with E-state index in [2.05, 4.69) is 25.3 Å². The molecule has 4 rings (SSSR count). The number of anilines is 2. The molecule has 0 unspecified atom stereocenters. The van der Waals surface area contributed by atoms with Crippen LogP contribution in [-0.2, 0) is 15.8 Å². The predicted octanol–water partition coefficient (Wildman–Crippen LogP) is 2.72. The van der Waals surface area contributed by atoms with Gasteiger partial charge in [0.2, 0.25) is 10.0 Å². The summed E-state index contributed by atoms with van der Waals surface area (Å²) < 4.78 is 27.1. The Morgan fingerprint density at radius 2 is 1.72 bits per heavy atom. The van der Waals surface area contributed by atoms with Crippen molar-refractivity contribution < 1.29 is 8.42 Å². The van der Waals surface area contributed by atoms with Crippen LogP contribution in [0.4, 0.5) is 11.6 Å². The molecule has 0 saturated carbocycles. The second-order valence-corrected chi connectivity index (χ2v) is 8.93. The monoisotopic (exact) mass is 410 g/mol. The van der Waals surface area contributed by atoms with Gasteiger partial charge in [-0.1, -0.05) is 30.3 Å². The minimum Gasteiger partial charge on any atom is -0.322 e. The van der Waals surface area contributed by atoms with Crippen LogP contribution in [0.25, 0.3) is 0 Å². The molecule has 1 N–H and O–H groups in total. The molecule has 150 valence electrons. The molecular weight excluding hydrogens is 388 g/mol. The lowest BCUT2D eigenvalue weighted by Gasteiger charge is -2.31. The largest absolute Gasteiger partial charge is 0.322 e. The summed E-state index contributed by atoms with van der Waals surface area (Å²) >= 11 is 0. The first-order valence-electron chi connectivity index (χ1n) is 9.47. The van der Waals surface area contributed by atoms with Gasteiger partial charge in [0.05, 0.1) is 23.8 Å². The lowest BCUT2D eigenvalue weighted by molar-refractivity contribution is 0.316. The topological polar surface area (TPSA) is 101 Å². The van der Waals surface area contributed by atoms with Crippen LogP contribution in [0.5, 0.6) is 0 Å². The van der Waals surface area contributed by atoms with Crippen LogP contribution in [0.3, 0.4) is 0 Å². The average Bonchev–Trinajstić information content (AvgIpc) is 2.75. The van der Waals surface area contributed by atoms with Crippen LogP contribution in [0, 0.1) is 0 Å². The summed E-state index contributed by atoms with van der Waals surface area (Å²) in [5.41, 5.74) is 1.67. The van der Waals surface area contributed by atoms with Crippen molar-refractivity contribution in [2.45, 2.75) is 24.5 Å². The Labute approximate surface area is 170 Å². The summed E-state index contributed by atoms with van der Waals surface area (Å²) in [6.45, 7) is 0.979. The molecule has 0 atom stereocenters. The summed E-state index contributed by atoms with van der Waals surface area (Å²) in [4.78, 5) is 17.1. The van der Waals surface area contributed by atoms with Crippen molar-refractivity contribution in [3.05, 3.63) is 72.6 Å². The van der Waals surface area contributed by atoms with Crippen molar-refractivity contribution in [3.63, 3.8) is 0 Å². The quantitative estimate of drug-likeness (QED) is 0.667. The second-order valence-electron chi connectivity index (χ2n) is 6.96. The standard InChI is InChI=1S/C20H22N6O2S/c27-29(28,15-16-4-2-1-3-5-16)26-10-6-17(7-11-26)18-12-22-14-20(24-18)25-19-13-21-8-9-23-19/h1-5,8-9,12-14,17H,6-7,10-11,15H2,(H,23,24,25). The van der Waals surface area contributed by atoms with Crippen LogP contribution in [0.15, 0.2) is 61.3 Å². The third kappa shape index (κ3) is 4.93. The fourth-order valence-electron chi connectivity index (χ4n) is 3.44. The molecule has 0 bridgehead atoms. The number of piperidine rings is 1. The summed E-state index contributed by atoms with van der Waals surface area (Å²) in [5, 5.41) is 3.09. The average molecular weight is 411 g/mol. The van der Waals surface area contributed by atoms with E-state index in [1.54, 1.807) is 35.3 Å². The normalized spacial score (nSPS) is 15.9. The summed E-state index contributed by atoms with van der Waals surface area (Å²) in [6.07, 6.45) is 9.65. The van der Waals surface area contributed by atoms with Crippen LogP contribution < -0.4 is 5.32 Å². The minimum absolute atomic E-state index is 0.0375. The van der Waals surface area contributed by atoms with Gasteiger partial charge in [0.1, 0.15) is 11.6 Å². The lowest BCUT2D eigenvalue weighted by atomic mass is 9.95. The Bertz CT molecular complexity index is 1040. The highest BCUT2D eigenvalue weighted by Crippen LogP contribution is 2.29. The van der Waals surface area contributed by atoms with Gasteiger partial charge in [0.25, 0.3) is 0 Å². The van der Waals surface area contributed by atoms with E-state index in [-0.39, 0.29) is 11.7 Å². The fourth-order valence-corrected chi connectivity index (χ4v) is 5.00. The van der Waals surface area contributed by atoms with Crippen LogP contribution >= 0.6 is 0 Å². The number of aromatic nitrogens is 4. The molecule has 0 spiro atoms. The van der Waals surface area contributed by atoms with Crippen LogP contribution in [-0.4, -0.2) is 45.7 Å². The van der Waals surface area contributed by atoms with Crippen LogP contribution in [0.1, 0.15) is 30.0 Å². The van der Waals surface area contributed by atoms with E-state index in [0.717, 1.165) is 24.1 Å². The Kier molecular flexibility index (Phi) is 5.77. The smallest absolute Gasteiger partial charge is 0.218 e. The number of hydrogen-bond acceptors (Lipinski definition) is 7. The van der Waals surface area contributed by atoms with Gasteiger partial charge < -0.3 is 5.32 Å². The third-order valence-electron chi connectivity index (χ3n) is 4.93. The molecule has 8 nitrogen and oxygen atoms in total. The van der Waals surface area contributed by atoms with Gasteiger partial charge in [-0.15, -0.1) is 0 Å². The first-order valence-corrected chi connectivity index (χ1v) is 11.1. The molecule has 9 heteroatoms. The molecule has 1 aromatic carbocycles. The van der Waals surface area contributed by atoms with Gasteiger partial charge in [-0.05, 0) is 18.4 Å². The van der Waals surface area contributed by atoms with Gasteiger partial charge in [-0.2, -0.15) is 0 Å². The Balaban J connectivity index is 1.39. The molecule has 3 heterocycles. The van der Waals surface area contributed by atoms with Gasteiger partial charge in [0, 0.05) is 37.6 Å². The van der Waals surface area contributed by atoms with Crippen molar-refractivity contribution in [1.29, 1.82) is 0 Å². The number of nitrogens with zero attached hydrogens (tertiary/aromatic N) is 5. The molecule has 0 radical (unpaired) electrons. The molecule has 1 aliphatic rings. The van der Waals surface area contributed by atoms with Crippen molar-refractivity contribution in [1.82, 2.24) is 24.2 Å². The number of hydrogen-bond donors (Lipinski definition) is 1. The minimum atomic E-state index is -3.32. The molecular formula is C20H22N6O2S. The second kappa shape index (κ2) is 8.62. The molecule has 29 heavy (non-hydrogen) atoms. The highest BCUT2D eigenvalue weighted by molar-refractivity contribution is 7.88. The van der Waals surface area contributed by atoms with Crippen molar-refractivity contribution in [3.8, 4) is 0 Å². The fraction of sp³-hybridized carbons (Fsp3) is 0.300. The number of rotatable bonds is 6. The first kappa shape index (κ1) is 19.4. The maximum Gasteiger partial charge on any atom is 0.218 e. The van der Waals surface area contributed by atoms with Crippen molar-refractivity contribution in [2.24, 2.45) is 0 Å². The molecule has 1 aliphatic heterocycles. The Morgan fingerprint density at radius 1 is 0.966 bits per heavy atom. The van der Waals surface area contributed by atoms with E-state index < -0.39 is 10.0 Å². The zero-order valence-corrected chi connectivity index (χ0v) is 16.7. The predicted molar refractivity (Wildman–Crippen MR) is 110 cm³/mol. The van der Waals surface area contributed by atoms with E-state index in [1.807, 2.05) is 30.3 Å². The maximum absolute atomic E-state index is 12.7. The van der Waals surface area contributed by atoms with E-state index in [9.17, 15) is 8.42 Å². The van der Waals surface area contributed by atoms with E-state index in [1.165, 1.54) is 0 Å².